The van der Waals surface area contributed by atoms with Crippen LogP contribution in [0.2, 0.25) is 0 Å². The summed E-state index contributed by atoms with van der Waals surface area (Å²) in [6, 6.07) is 17.8. The first-order valence-electron chi connectivity index (χ1n) is 10.6. The lowest BCUT2D eigenvalue weighted by atomic mass is 10.1. The Morgan fingerprint density at radius 3 is 2.56 bits per heavy atom. The monoisotopic (exact) mass is 572 g/mol. The second-order valence-electron chi connectivity index (χ2n) is 7.79. The Morgan fingerprint density at radius 2 is 1.84 bits per heavy atom. The number of rotatable bonds is 9. The third-order valence-corrected chi connectivity index (χ3v) is 6.71. The zero-order valence-electron chi connectivity index (χ0n) is 18.7. The highest BCUT2D eigenvalue weighted by molar-refractivity contribution is 14.0. The van der Waals surface area contributed by atoms with E-state index >= 15 is 0 Å². The van der Waals surface area contributed by atoms with Crippen LogP contribution >= 0.6 is 24.0 Å². The van der Waals surface area contributed by atoms with E-state index in [2.05, 4.69) is 32.1 Å². The number of nitrogens with one attached hydrogen (secondary N) is 2. The van der Waals surface area contributed by atoms with E-state index in [1.54, 1.807) is 7.05 Å². The van der Waals surface area contributed by atoms with Crippen molar-refractivity contribution in [2.24, 2.45) is 10.9 Å². The van der Waals surface area contributed by atoms with Crippen molar-refractivity contribution >= 4 is 40.0 Å². The van der Waals surface area contributed by atoms with Crippen molar-refractivity contribution in [1.82, 2.24) is 14.9 Å². The molecule has 2 aromatic carbocycles. The second kappa shape index (κ2) is 13.1. The maximum Gasteiger partial charge on any atom is 0.215 e. The van der Waals surface area contributed by atoms with Crippen molar-refractivity contribution < 1.29 is 13.2 Å². The SMILES string of the molecule is CN=C(NCc1cccc(CS(=O)(=O)NC)c1)N1CCC(COCc2ccccc2)C1.I. The minimum absolute atomic E-state index is 0. The molecule has 0 bridgehead atoms. The van der Waals surface area contributed by atoms with Crippen LogP contribution in [0.25, 0.3) is 0 Å². The van der Waals surface area contributed by atoms with Crippen LogP contribution in [-0.2, 0) is 33.7 Å². The first kappa shape index (κ1) is 26.6. The molecule has 32 heavy (non-hydrogen) atoms. The molecule has 1 atom stereocenters. The summed E-state index contributed by atoms with van der Waals surface area (Å²) in [5.74, 6) is 1.32. The lowest BCUT2D eigenvalue weighted by Crippen LogP contribution is -2.39. The summed E-state index contributed by atoms with van der Waals surface area (Å²) in [6.45, 7) is 3.83. The summed E-state index contributed by atoms with van der Waals surface area (Å²) in [4.78, 5) is 6.68. The van der Waals surface area contributed by atoms with Gasteiger partial charge < -0.3 is 15.0 Å². The smallest absolute Gasteiger partial charge is 0.215 e. The first-order valence-corrected chi connectivity index (χ1v) is 12.2. The molecule has 3 rings (SSSR count). The lowest BCUT2D eigenvalue weighted by molar-refractivity contribution is 0.0906. The molecule has 0 radical (unpaired) electrons. The molecular weight excluding hydrogens is 539 g/mol. The molecule has 1 aliphatic heterocycles. The van der Waals surface area contributed by atoms with Gasteiger partial charge in [-0.25, -0.2) is 13.1 Å². The predicted octanol–water partition coefficient (Wildman–Crippen LogP) is 2.97. The third-order valence-electron chi connectivity index (χ3n) is 5.37. The van der Waals surface area contributed by atoms with Crippen LogP contribution in [-0.4, -0.2) is 53.1 Å². The summed E-state index contributed by atoms with van der Waals surface area (Å²) in [5.41, 5.74) is 2.98. The molecule has 176 valence electrons. The topological polar surface area (TPSA) is 83.0 Å². The van der Waals surface area contributed by atoms with Gasteiger partial charge in [0.1, 0.15) is 0 Å². The minimum Gasteiger partial charge on any atom is -0.376 e. The molecule has 2 N–H and O–H groups in total. The van der Waals surface area contributed by atoms with Crippen LogP contribution in [0.5, 0.6) is 0 Å². The molecule has 7 nitrogen and oxygen atoms in total. The summed E-state index contributed by atoms with van der Waals surface area (Å²) in [5, 5.41) is 3.40. The lowest BCUT2D eigenvalue weighted by Gasteiger charge is -2.22. The van der Waals surface area contributed by atoms with Crippen molar-refractivity contribution in [2.75, 3.05) is 33.8 Å². The standard InChI is InChI=1S/C23H32N4O3S.HI/c1-24-23(26-14-20-9-6-10-21(13-20)18-31(28,29)25-2)27-12-11-22(15-27)17-30-16-19-7-4-3-5-8-19;/h3-10,13,22,25H,11-12,14-18H2,1-2H3,(H,24,26);1H. The highest BCUT2D eigenvalue weighted by atomic mass is 127. The van der Waals surface area contributed by atoms with Crippen molar-refractivity contribution in [3.05, 3.63) is 71.3 Å². The highest BCUT2D eigenvalue weighted by Gasteiger charge is 2.25. The Labute approximate surface area is 208 Å². The van der Waals surface area contributed by atoms with Crippen LogP contribution < -0.4 is 10.0 Å². The number of guanidine groups is 1. The van der Waals surface area contributed by atoms with Crippen LogP contribution in [0.1, 0.15) is 23.1 Å². The molecule has 9 heteroatoms. The quantitative estimate of drug-likeness (QED) is 0.275. The Morgan fingerprint density at radius 1 is 1.12 bits per heavy atom. The second-order valence-corrected chi connectivity index (χ2v) is 9.71. The van der Waals surface area contributed by atoms with Crippen molar-refractivity contribution in [2.45, 2.75) is 25.3 Å². The average Bonchev–Trinajstić information content (AvgIpc) is 3.24. The largest absolute Gasteiger partial charge is 0.376 e. The van der Waals surface area contributed by atoms with Gasteiger partial charge in [-0.15, -0.1) is 24.0 Å². The fourth-order valence-electron chi connectivity index (χ4n) is 3.71. The molecule has 0 amide bonds. The number of benzene rings is 2. The summed E-state index contributed by atoms with van der Waals surface area (Å²) in [7, 11) is -0.0638. The molecule has 0 aromatic heterocycles. The van der Waals surface area contributed by atoms with Gasteiger partial charge in [-0.3, -0.25) is 4.99 Å². The first-order chi connectivity index (χ1) is 15.0. The van der Waals surface area contributed by atoms with E-state index in [9.17, 15) is 8.42 Å². The van der Waals surface area contributed by atoms with Gasteiger partial charge in [0.15, 0.2) is 5.96 Å². The van der Waals surface area contributed by atoms with Crippen LogP contribution in [0.15, 0.2) is 59.6 Å². The van der Waals surface area contributed by atoms with Gasteiger partial charge in [0.2, 0.25) is 10.0 Å². The van der Waals surface area contributed by atoms with Gasteiger partial charge in [-0.1, -0.05) is 54.6 Å². The average molecular weight is 573 g/mol. The van der Waals surface area contributed by atoms with E-state index in [1.165, 1.54) is 12.6 Å². The maximum absolute atomic E-state index is 11.8. The van der Waals surface area contributed by atoms with E-state index in [0.717, 1.165) is 43.2 Å². The molecule has 1 aliphatic rings. The van der Waals surface area contributed by atoms with Gasteiger partial charge in [0.25, 0.3) is 0 Å². The van der Waals surface area contributed by atoms with Crippen LogP contribution in [0.3, 0.4) is 0 Å². The number of nitrogens with zero attached hydrogens (tertiary/aromatic N) is 2. The van der Waals surface area contributed by atoms with Crippen LogP contribution in [0, 0.1) is 5.92 Å². The number of aliphatic imine (C=N–C) groups is 1. The van der Waals surface area contributed by atoms with Crippen molar-refractivity contribution in [3.8, 4) is 0 Å². The Bertz CT molecular complexity index is 970. The van der Waals surface area contributed by atoms with Gasteiger partial charge in [0.05, 0.1) is 19.0 Å². The van der Waals surface area contributed by atoms with E-state index in [1.807, 2.05) is 42.5 Å². The third kappa shape index (κ3) is 8.34. The van der Waals surface area contributed by atoms with Crippen LogP contribution in [0.4, 0.5) is 0 Å². The number of hydrogen-bond donors (Lipinski definition) is 2. The molecule has 1 unspecified atom stereocenters. The molecule has 1 fully saturated rings. The molecule has 0 spiro atoms. The molecule has 1 heterocycles. The van der Waals surface area contributed by atoms with Crippen molar-refractivity contribution in [3.63, 3.8) is 0 Å². The zero-order valence-corrected chi connectivity index (χ0v) is 21.8. The van der Waals surface area contributed by atoms with E-state index in [4.69, 9.17) is 4.74 Å². The Hall–Kier alpha value is -1.69. The number of hydrogen-bond acceptors (Lipinski definition) is 4. The maximum atomic E-state index is 11.8. The number of sulfonamides is 1. The molecular formula is C23H33IN4O3S. The molecule has 2 aromatic rings. The van der Waals surface area contributed by atoms with Gasteiger partial charge in [0, 0.05) is 32.6 Å². The van der Waals surface area contributed by atoms with Gasteiger partial charge in [-0.05, 0) is 30.2 Å². The number of ether oxygens (including phenoxy) is 1. The summed E-state index contributed by atoms with van der Waals surface area (Å²) >= 11 is 0. The zero-order chi connectivity index (χ0) is 22.1. The molecule has 0 aliphatic carbocycles. The van der Waals surface area contributed by atoms with E-state index in [0.29, 0.717) is 19.1 Å². The van der Waals surface area contributed by atoms with Gasteiger partial charge in [-0.2, -0.15) is 0 Å². The predicted molar refractivity (Wildman–Crippen MR) is 140 cm³/mol. The summed E-state index contributed by atoms with van der Waals surface area (Å²) < 4.78 is 31.8. The van der Waals surface area contributed by atoms with E-state index < -0.39 is 10.0 Å². The number of halogens is 1. The summed E-state index contributed by atoms with van der Waals surface area (Å²) in [6.07, 6.45) is 1.08. The highest BCUT2D eigenvalue weighted by Crippen LogP contribution is 2.18. The molecule has 1 saturated heterocycles. The minimum atomic E-state index is -3.28. The number of likely N-dealkylation sites (tertiary alicyclic amines) is 1. The van der Waals surface area contributed by atoms with E-state index in [-0.39, 0.29) is 29.7 Å². The normalized spacial score (nSPS) is 16.6. The Balaban J connectivity index is 0.00000363. The van der Waals surface area contributed by atoms with Gasteiger partial charge >= 0.3 is 0 Å². The fourth-order valence-corrected chi connectivity index (χ4v) is 4.48. The fraction of sp³-hybridized carbons (Fsp3) is 0.435. The molecule has 0 saturated carbocycles. The van der Waals surface area contributed by atoms with Crippen molar-refractivity contribution in [1.29, 1.82) is 0 Å². The Kier molecular flexibility index (Phi) is 10.9.